The van der Waals surface area contributed by atoms with E-state index in [-0.39, 0.29) is 30.4 Å². The van der Waals surface area contributed by atoms with Crippen LogP contribution in [0.4, 0.5) is 4.79 Å². The summed E-state index contributed by atoms with van der Waals surface area (Å²) in [6.07, 6.45) is 1.52. The molecular weight excluding hydrogens is 600 g/mol. The van der Waals surface area contributed by atoms with Crippen molar-refractivity contribution < 1.29 is 33.0 Å². The Bertz CT molecular complexity index is 1350. The summed E-state index contributed by atoms with van der Waals surface area (Å²) in [4.78, 5) is 38.2. The average Bonchev–Trinajstić information content (AvgIpc) is 3.44. The molecule has 0 aliphatic carbocycles. The van der Waals surface area contributed by atoms with Crippen LogP contribution < -0.4 is 14.8 Å². The van der Waals surface area contributed by atoms with Crippen LogP contribution in [-0.4, -0.2) is 37.0 Å². The smallest absolute Gasteiger partial charge is 0.373 e. The quantitative estimate of drug-likeness (QED) is 0.208. The van der Waals surface area contributed by atoms with E-state index in [1.165, 1.54) is 32.4 Å². The number of benzene rings is 2. The van der Waals surface area contributed by atoms with E-state index in [0.717, 1.165) is 14.9 Å². The van der Waals surface area contributed by atoms with Gasteiger partial charge in [-0.05, 0) is 48.0 Å². The van der Waals surface area contributed by atoms with Gasteiger partial charge in [-0.2, -0.15) is 0 Å². The number of halogens is 2. The van der Waals surface area contributed by atoms with Crippen molar-refractivity contribution in [2.75, 3.05) is 14.2 Å². The van der Waals surface area contributed by atoms with Crippen LogP contribution in [0.3, 0.4) is 0 Å². The van der Waals surface area contributed by atoms with Crippen LogP contribution in [0.1, 0.15) is 27.4 Å². The zero-order valence-corrected chi connectivity index (χ0v) is 22.3. The van der Waals surface area contributed by atoms with Gasteiger partial charge in [0.1, 0.15) is 18.1 Å². The van der Waals surface area contributed by atoms with Gasteiger partial charge < -0.3 is 23.9 Å². The Kier molecular flexibility index (Phi) is 7.80. The zero-order valence-electron chi connectivity index (χ0n) is 19.2. The molecular formula is C25H20Br2N2O7. The number of urea groups is 1. The molecule has 2 aromatic carbocycles. The number of esters is 1. The lowest BCUT2D eigenvalue weighted by Crippen LogP contribution is -2.30. The lowest BCUT2D eigenvalue weighted by atomic mass is 10.1. The Hall–Kier alpha value is -3.57. The third-order valence-electron chi connectivity index (χ3n) is 5.19. The number of rotatable bonds is 8. The van der Waals surface area contributed by atoms with Gasteiger partial charge in [0.05, 0.1) is 20.8 Å². The van der Waals surface area contributed by atoms with Crippen molar-refractivity contribution in [2.45, 2.75) is 13.2 Å². The van der Waals surface area contributed by atoms with Gasteiger partial charge in [0.15, 0.2) is 11.5 Å². The van der Waals surface area contributed by atoms with Gasteiger partial charge in [-0.1, -0.05) is 44.0 Å². The fourth-order valence-corrected chi connectivity index (χ4v) is 4.16. The van der Waals surface area contributed by atoms with E-state index in [1.807, 2.05) is 24.3 Å². The molecule has 2 heterocycles. The Balaban J connectivity index is 1.59. The van der Waals surface area contributed by atoms with Crippen molar-refractivity contribution in [3.8, 4) is 11.5 Å². The molecule has 0 unspecified atom stereocenters. The summed E-state index contributed by atoms with van der Waals surface area (Å²) in [5, 5.41) is 2.58. The lowest BCUT2D eigenvalue weighted by molar-refractivity contribution is -0.123. The topological polar surface area (TPSA) is 107 Å². The molecule has 0 radical (unpaired) electrons. The van der Waals surface area contributed by atoms with Crippen molar-refractivity contribution in [3.63, 3.8) is 0 Å². The number of methoxy groups -OCH3 is 2. The molecule has 1 N–H and O–H groups in total. The summed E-state index contributed by atoms with van der Waals surface area (Å²) >= 11 is 6.85. The largest absolute Gasteiger partial charge is 0.493 e. The van der Waals surface area contributed by atoms with Gasteiger partial charge >= 0.3 is 12.0 Å². The van der Waals surface area contributed by atoms with E-state index in [2.05, 4.69) is 41.9 Å². The molecule has 4 rings (SSSR count). The molecule has 1 aromatic heterocycles. The number of carbonyl (C=O) groups is 3. The summed E-state index contributed by atoms with van der Waals surface area (Å²) in [6, 6.07) is 13.5. The highest BCUT2D eigenvalue weighted by atomic mass is 79.9. The van der Waals surface area contributed by atoms with Crippen molar-refractivity contribution in [1.29, 1.82) is 0 Å². The van der Waals surface area contributed by atoms with Crippen molar-refractivity contribution in [3.05, 3.63) is 85.8 Å². The van der Waals surface area contributed by atoms with Crippen molar-refractivity contribution >= 4 is 55.8 Å². The Labute approximate surface area is 223 Å². The Morgan fingerprint density at radius 1 is 1.06 bits per heavy atom. The van der Waals surface area contributed by atoms with Gasteiger partial charge in [0, 0.05) is 14.5 Å². The van der Waals surface area contributed by atoms with E-state index < -0.39 is 17.9 Å². The summed E-state index contributed by atoms with van der Waals surface area (Å²) in [7, 11) is 2.74. The molecule has 1 fully saturated rings. The average molecular weight is 620 g/mol. The Morgan fingerprint density at radius 3 is 2.50 bits per heavy atom. The van der Waals surface area contributed by atoms with Gasteiger partial charge in [0.2, 0.25) is 5.76 Å². The summed E-state index contributed by atoms with van der Waals surface area (Å²) in [5.41, 5.74) is 1.51. The first-order chi connectivity index (χ1) is 17.3. The number of hydrogen-bond donors (Lipinski definition) is 1. The van der Waals surface area contributed by atoms with Crippen LogP contribution in [0.25, 0.3) is 6.08 Å². The normalized spacial score (nSPS) is 14.2. The fourth-order valence-electron chi connectivity index (χ4n) is 3.44. The molecule has 11 heteroatoms. The van der Waals surface area contributed by atoms with Crippen LogP contribution in [-0.2, 0) is 22.7 Å². The van der Waals surface area contributed by atoms with Gasteiger partial charge in [-0.25, -0.2) is 9.59 Å². The first-order valence-corrected chi connectivity index (χ1v) is 12.1. The molecule has 0 bridgehead atoms. The first-order valence-electron chi connectivity index (χ1n) is 10.6. The molecule has 1 aliphatic heterocycles. The summed E-state index contributed by atoms with van der Waals surface area (Å²) < 4.78 is 23.2. The molecule has 3 aromatic rings. The number of nitrogens with one attached hydrogen (secondary N) is 1. The number of amides is 3. The molecule has 0 saturated carbocycles. The van der Waals surface area contributed by atoms with Crippen LogP contribution in [0.15, 0.2) is 67.6 Å². The van der Waals surface area contributed by atoms with Gasteiger partial charge in [0.25, 0.3) is 5.91 Å². The SMILES string of the molecule is COC(=O)c1ccc(CN2C(=O)N/C(=C\c3cc(Br)cc(OC)c3OCc3ccc(Br)cc3)C2=O)o1. The van der Waals surface area contributed by atoms with Crippen LogP contribution in [0, 0.1) is 0 Å². The maximum absolute atomic E-state index is 13.0. The predicted octanol–water partition coefficient (Wildman–Crippen LogP) is 5.27. The number of nitrogens with zero attached hydrogens (tertiary/aromatic N) is 1. The zero-order chi connectivity index (χ0) is 25.8. The van der Waals surface area contributed by atoms with E-state index in [0.29, 0.717) is 21.5 Å². The molecule has 3 amide bonds. The number of hydrogen-bond acceptors (Lipinski definition) is 7. The Morgan fingerprint density at radius 2 is 1.81 bits per heavy atom. The minimum absolute atomic E-state index is 0.0240. The fraction of sp³-hybridized carbons (Fsp3) is 0.160. The van der Waals surface area contributed by atoms with Crippen LogP contribution in [0.2, 0.25) is 0 Å². The van der Waals surface area contributed by atoms with Gasteiger partial charge in [-0.3, -0.25) is 9.69 Å². The second-order valence-corrected chi connectivity index (χ2v) is 9.41. The second kappa shape index (κ2) is 11.0. The molecule has 36 heavy (non-hydrogen) atoms. The number of carbonyl (C=O) groups excluding carboxylic acids is 3. The predicted molar refractivity (Wildman–Crippen MR) is 136 cm³/mol. The maximum Gasteiger partial charge on any atom is 0.373 e. The van der Waals surface area contributed by atoms with Crippen molar-refractivity contribution in [2.24, 2.45) is 0 Å². The maximum atomic E-state index is 13.0. The molecule has 1 saturated heterocycles. The van der Waals surface area contributed by atoms with Gasteiger partial charge in [-0.15, -0.1) is 0 Å². The molecule has 186 valence electrons. The highest BCUT2D eigenvalue weighted by Gasteiger charge is 2.34. The second-order valence-electron chi connectivity index (χ2n) is 7.58. The molecule has 0 atom stereocenters. The first kappa shape index (κ1) is 25.5. The summed E-state index contributed by atoms with van der Waals surface area (Å²) in [5.74, 6) is -0.128. The van der Waals surface area contributed by atoms with E-state index in [9.17, 15) is 14.4 Å². The van der Waals surface area contributed by atoms with E-state index in [1.54, 1.807) is 12.1 Å². The minimum atomic E-state index is -0.654. The third-order valence-corrected chi connectivity index (χ3v) is 6.18. The third kappa shape index (κ3) is 5.63. The lowest BCUT2D eigenvalue weighted by Gasteiger charge is -2.15. The van der Waals surface area contributed by atoms with Crippen molar-refractivity contribution in [1.82, 2.24) is 10.2 Å². The highest BCUT2D eigenvalue weighted by Crippen LogP contribution is 2.37. The van der Waals surface area contributed by atoms with Crippen LogP contribution in [0.5, 0.6) is 11.5 Å². The standard InChI is InChI=1S/C25H20Br2N2O7/c1-33-21-11-17(27)9-15(22(21)35-13-14-3-5-16(26)6-4-14)10-19-23(30)29(25(32)28-19)12-18-7-8-20(36-18)24(31)34-2/h3-11H,12-13H2,1-2H3,(H,28,32)/b19-10-. The van der Waals surface area contributed by atoms with E-state index >= 15 is 0 Å². The molecule has 9 nitrogen and oxygen atoms in total. The summed E-state index contributed by atoms with van der Waals surface area (Å²) in [6.45, 7) is 0.0998. The highest BCUT2D eigenvalue weighted by molar-refractivity contribution is 9.10. The molecule has 1 aliphatic rings. The number of furan rings is 1. The van der Waals surface area contributed by atoms with E-state index in [4.69, 9.17) is 13.9 Å². The van der Waals surface area contributed by atoms with Crippen LogP contribution >= 0.6 is 31.9 Å². The molecule has 0 spiro atoms. The monoisotopic (exact) mass is 618 g/mol. The number of ether oxygens (including phenoxy) is 3. The number of imide groups is 1. The minimum Gasteiger partial charge on any atom is -0.493 e.